The zero-order valence-electron chi connectivity index (χ0n) is 43.4. The molecule has 378 valence electrons. The van der Waals surface area contributed by atoms with E-state index in [1.807, 2.05) is 74.1 Å². The van der Waals surface area contributed by atoms with E-state index in [-0.39, 0.29) is 16.9 Å². The standard InChI is InChI=1S/C28H37BrO2.C21H32O2.C13H13BrNO/c1-18(30)24-10-11-25-23-9-6-20-16-22(31-17-19-4-7-21(29)8-5-19)12-14-27(20,2)26(23)13-15-28(24,25)3;1-13(22)17-6-7-18-16-5-4-14-12-15(23)8-10-20(14,2)19(16)9-11-21(17,18)3;1-15-9-3-2-4-13(15)16-10-11-5-7-12(14)8-6-11/h4-8,22-26H,9-17H2,1-3H3;4,15-19,23H,5-12H2,1-3H3;2-9H,10H2,1H3/q;;+1/t22-,23?,24+,25?,26?,27-,28+;15-,16?,17+,18?,19?,20-,21+;/m00./s1. The fourth-order valence-electron chi connectivity index (χ4n) is 16.9. The number of carbonyl (C=O) groups excluding carboxylic acids is 2. The molecule has 6 saturated carbocycles. The van der Waals surface area contributed by atoms with Crippen LogP contribution in [-0.2, 0) is 34.6 Å². The van der Waals surface area contributed by atoms with Crippen molar-refractivity contribution in [3.05, 3.63) is 116 Å². The average molecular weight is 1080 g/mol. The molecule has 0 spiro atoms. The second-order valence-corrected chi connectivity index (χ2v) is 26.2. The third-order valence-electron chi connectivity index (χ3n) is 20.8. The van der Waals surface area contributed by atoms with Gasteiger partial charge in [-0.25, -0.2) is 0 Å². The van der Waals surface area contributed by atoms with Crippen LogP contribution in [0, 0.1) is 69.0 Å². The van der Waals surface area contributed by atoms with Gasteiger partial charge in [-0.05, 0) is 215 Å². The maximum absolute atomic E-state index is 12.3. The number of halogens is 2. The summed E-state index contributed by atoms with van der Waals surface area (Å²) in [6, 6.07) is 22.5. The molecule has 8 aliphatic carbocycles. The topological polar surface area (TPSA) is 76.7 Å². The molecule has 70 heavy (non-hydrogen) atoms. The van der Waals surface area contributed by atoms with Crippen molar-refractivity contribution in [2.75, 3.05) is 0 Å². The number of allylic oxidation sites excluding steroid dienone is 2. The highest BCUT2D eigenvalue weighted by molar-refractivity contribution is 9.10. The molecule has 8 aliphatic rings. The lowest BCUT2D eigenvalue weighted by Crippen LogP contribution is -2.51. The van der Waals surface area contributed by atoms with E-state index in [4.69, 9.17) is 9.47 Å². The summed E-state index contributed by atoms with van der Waals surface area (Å²) in [7, 11) is 1.97. The van der Waals surface area contributed by atoms with Crippen LogP contribution in [0.2, 0.25) is 0 Å². The number of ether oxygens (including phenoxy) is 2. The number of aliphatic hydroxyl groups excluding tert-OH is 1. The molecule has 0 aliphatic heterocycles. The second-order valence-electron chi connectivity index (χ2n) is 24.4. The van der Waals surface area contributed by atoms with Crippen LogP contribution in [0.3, 0.4) is 0 Å². The number of ketones is 2. The highest BCUT2D eigenvalue weighted by Crippen LogP contribution is 2.68. The molecule has 11 rings (SSSR count). The summed E-state index contributed by atoms with van der Waals surface area (Å²) in [5.41, 5.74) is 6.79. The van der Waals surface area contributed by atoms with Crippen molar-refractivity contribution in [1.29, 1.82) is 0 Å². The Morgan fingerprint density at radius 2 is 1.11 bits per heavy atom. The molecule has 1 aromatic heterocycles. The van der Waals surface area contributed by atoms with Crippen molar-refractivity contribution in [3.63, 3.8) is 0 Å². The Hall–Kier alpha value is -2.91. The Kier molecular flexibility index (Phi) is 15.7. The van der Waals surface area contributed by atoms with Gasteiger partial charge in [-0.1, -0.05) is 107 Å². The maximum atomic E-state index is 12.3. The van der Waals surface area contributed by atoms with Crippen LogP contribution in [0.25, 0.3) is 0 Å². The number of rotatable bonds is 8. The molecule has 6 fully saturated rings. The first-order chi connectivity index (χ1) is 33.4. The summed E-state index contributed by atoms with van der Waals surface area (Å²) < 4.78 is 16.2. The number of carbonyl (C=O) groups is 2. The van der Waals surface area contributed by atoms with E-state index in [1.54, 1.807) is 11.1 Å². The highest BCUT2D eigenvalue weighted by atomic mass is 79.9. The number of pyridine rings is 1. The molecule has 3 aromatic rings. The van der Waals surface area contributed by atoms with Crippen molar-refractivity contribution in [3.8, 4) is 5.88 Å². The van der Waals surface area contributed by atoms with E-state index in [2.05, 4.69) is 96.0 Å². The van der Waals surface area contributed by atoms with Gasteiger partial charge in [0.2, 0.25) is 0 Å². The number of aromatic nitrogens is 1. The lowest BCUT2D eigenvalue weighted by molar-refractivity contribution is -0.677. The Bertz CT molecular complexity index is 2410. The first kappa shape index (κ1) is 52.0. The Balaban J connectivity index is 0.000000138. The molecular weight excluding hydrogens is 998 g/mol. The van der Waals surface area contributed by atoms with Gasteiger partial charge in [0.1, 0.15) is 25.2 Å². The number of benzene rings is 2. The number of aliphatic hydroxyl groups is 1. The largest absolute Gasteiger partial charge is 0.440 e. The number of hydrogen-bond donors (Lipinski definition) is 1. The molecule has 6 nitrogen and oxygen atoms in total. The number of hydrogen-bond acceptors (Lipinski definition) is 5. The Labute approximate surface area is 437 Å². The van der Waals surface area contributed by atoms with E-state index in [9.17, 15) is 14.7 Å². The summed E-state index contributed by atoms with van der Waals surface area (Å²) >= 11 is 6.92. The van der Waals surface area contributed by atoms with Gasteiger partial charge in [0.15, 0.2) is 6.20 Å². The summed E-state index contributed by atoms with van der Waals surface area (Å²) in [5.74, 6) is 6.92. The quantitative estimate of drug-likeness (QED) is 0.180. The monoisotopic (exact) mass is 1080 g/mol. The van der Waals surface area contributed by atoms with Gasteiger partial charge < -0.3 is 14.6 Å². The average Bonchev–Trinajstić information content (AvgIpc) is 3.89. The minimum atomic E-state index is -0.117. The van der Waals surface area contributed by atoms with Crippen LogP contribution in [0.5, 0.6) is 5.88 Å². The van der Waals surface area contributed by atoms with Gasteiger partial charge >= 0.3 is 5.88 Å². The molecule has 1 heterocycles. The minimum Gasteiger partial charge on any atom is -0.440 e. The molecule has 0 amide bonds. The highest BCUT2D eigenvalue weighted by Gasteiger charge is 2.61. The van der Waals surface area contributed by atoms with Crippen LogP contribution >= 0.6 is 31.9 Å². The molecule has 14 atom stereocenters. The van der Waals surface area contributed by atoms with Gasteiger partial charge in [-0.2, -0.15) is 4.57 Å². The second kappa shape index (κ2) is 21.1. The van der Waals surface area contributed by atoms with Crippen molar-refractivity contribution in [1.82, 2.24) is 0 Å². The van der Waals surface area contributed by atoms with E-state index in [0.29, 0.717) is 53.6 Å². The van der Waals surface area contributed by atoms with Crippen molar-refractivity contribution in [2.45, 2.75) is 170 Å². The third kappa shape index (κ3) is 10.2. The summed E-state index contributed by atoms with van der Waals surface area (Å²) in [6.45, 7) is 14.8. The van der Waals surface area contributed by atoms with Crippen LogP contribution in [0.15, 0.2) is 105 Å². The van der Waals surface area contributed by atoms with E-state index < -0.39 is 0 Å². The predicted molar refractivity (Wildman–Crippen MR) is 287 cm³/mol. The van der Waals surface area contributed by atoms with Gasteiger partial charge in [0, 0.05) is 26.8 Å². The summed E-state index contributed by atoms with van der Waals surface area (Å²) in [5, 5.41) is 10.1. The third-order valence-corrected chi connectivity index (χ3v) is 21.9. The zero-order chi connectivity index (χ0) is 49.6. The van der Waals surface area contributed by atoms with Gasteiger partial charge in [0.05, 0.1) is 24.9 Å². The Morgan fingerprint density at radius 3 is 1.63 bits per heavy atom. The van der Waals surface area contributed by atoms with Crippen molar-refractivity contribution in [2.24, 2.45) is 76.1 Å². The lowest BCUT2D eigenvalue weighted by atomic mass is 9.47. The first-order valence-corrected chi connectivity index (χ1v) is 28.8. The SMILES string of the molecule is CC(=O)[C@H]1CCC2C3CC=C4C[C@@H](O)CC[C@]4(C)C3CC[C@@]21C.CC(=O)[C@H]1CCC2C3CC=C4C[C@@H](OCc5ccc(Br)cc5)CC[C@]4(C)C3CC[C@@]21C.C[n+]1ccccc1OCc1ccc(Br)cc1. The van der Waals surface area contributed by atoms with E-state index in [0.717, 1.165) is 94.4 Å². The molecule has 2 aromatic carbocycles. The number of nitrogens with zero attached hydrogens (tertiary/aromatic N) is 1. The predicted octanol–water partition coefficient (Wildman–Crippen LogP) is 14.9. The molecule has 0 bridgehead atoms. The minimum absolute atomic E-state index is 0.117. The van der Waals surface area contributed by atoms with Crippen molar-refractivity contribution >= 4 is 43.4 Å². The van der Waals surface area contributed by atoms with Gasteiger partial charge in [0.25, 0.3) is 0 Å². The number of Topliss-reactive ketones (excluding diaryl/α,β-unsaturated/α-hetero) is 2. The summed E-state index contributed by atoms with van der Waals surface area (Å²) in [6.07, 6.45) is 26.1. The molecule has 6 unspecified atom stereocenters. The lowest BCUT2D eigenvalue weighted by Gasteiger charge is -2.58. The smallest absolute Gasteiger partial charge is 0.367 e. The molecular formula is C62H82Br2NO5+. The van der Waals surface area contributed by atoms with Crippen LogP contribution in [-0.4, -0.2) is 28.9 Å². The van der Waals surface area contributed by atoms with E-state index in [1.165, 1.54) is 69.8 Å². The molecule has 1 N–H and O–H groups in total. The van der Waals surface area contributed by atoms with Crippen LogP contribution in [0.1, 0.15) is 155 Å². The normalized spacial score (nSPS) is 37.9. The van der Waals surface area contributed by atoms with Crippen molar-refractivity contribution < 1.29 is 28.7 Å². The summed E-state index contributed by atoms with van der Waals surface area (Å²) in [4.78, 5) is 24.5. The Morgan fingerprint density at radius 1 is 0.614 bits per heavy atom. The van der Waals surface area contributed by atoms with E-state index >= 15 is 0 Å². The molecule has 0 radical (unpaired) electrons. The van der Waals surface area contributed by atoms with Crippen LogP contribution in [0.4, 0.5) is 0 Å². The first-order valence-electron chi connectivity index (χ1n) is 27.2. The molecule has 8 heteroatoms. The maximum Gasteiger partial charge on any atom is 0.367 e. The number of aryl methyl sites for hydroxylation is 1. The fourth-order valence-corrected chi connectivity index (χ4v) is 17.5. The van der Waals surface area contributed by atoms with Crippen LogP contribution < -0.4 is 9.30 Å². The van der Waals surface area contributed by atoms with Gasteiger partial charge in [-0.3, -0.25) is 9.59 Å². The van der Waals surface area contributed by atoms with Gasteiger partial charge in [-0.15, -0.1) is 0 Å². The fraction of sp³-hybridized carbons (Fsp3) is 0.629. The molecule has 0 saturated heterocycles. The zero-order valence-corrected chi connectivity index (χ0v) is 46.5. The number of fused-ring (bicyclic) bond motifs is 10.